The molecule has 3 N–H and O–H groups in total. The molecule has 0 bridgehead atoms. The zero-order valence-electron chi connectivity index (χ0n) is 11.9. The van der Waals surface area contributed by atoms with E-state index in [4.69, 9.17) is 0 Å². The van der Waals surface area contributed by atoms with Crippen molar-refractivity contribution < 1.29 is 19.7 Å². The van der Waals surface area contributed by atoms with Gasteiger partial charge in [0, 0.05) is 16.5 Å². The van der Waals surface area contributed by atoms with Crippen molar-refractivity contribution in [1.82, 2.24) is 0 Å². The lowest BCUT2D eigenvalue weighted by molar-refractivity contribution is 0.154. The minimum atomic E-state index is -0.891. The van der Waals surface area contributed by atoms with E-state index in [2.05, 4.69) is 10.1 Å². The number of anilines is 2. The van der Waals surface area contributed by atoms with Crippen molar-refractivity contribution in [3.8, 4) is 0 Å². The molecular weight excluding hydrogens is 284 g/mol. The zero-order chi connectivity index (χ0) is 15.7. The molecule has 1 amide bonds. The molecule has 2 aromatic carbocycles. The lowest BCUT2D eigenvalue weighted by Gasteiger charge is -2.28. The molecule has 2 aromatic rings. The van der Waals surface area contributed by atoms with Gasteiger partial charge in [-0.25, -0.2) is 4.79 Å². The number of carbonyl (C=O) groups excluding carboxylic acids is 1. The maximum Gasteiger partial charge on any atom is 0.411 e. The number of hydrogen-bond donors (Lipinski definition) is 3. The summed E-state index contributed by atoms with van der Waals surface area (Å²) in [6.45, 7) is 0. The molecular formula is C16H16N2O4. The third-order valence-corrected chi connectivity index (χ3v) is 3.62. The summed E-state index contributed by atoms with van der Waals surface area (Å²) < 4.78 is 4.62. The van der Waals surface area contributed by atoms with Crippen LogP contribution in [-0.4, -0.2) is 35.9 Å². The van der Waals surface area contributed by atoms with Gasteiger partial charge in [0.05, 0.1) is 12.8 Å². The van der Waals surface area contributed by atoms with Crippen molar-refractivity contribution in [2.75, 3.05) is 17.3 Å². The predicted molar refractivity (Wildman–Crippen MR) is 83.6 cm³/mol. The number of rotatable bonds is 2. The number of hydrogen-bond acceptors (Lipinski definition) is 5. The van der Waals surface area contributed by atoms with E-state index in [9.17, 15) is 15.0 Å². The van der Waals surface area contributed by atoms with Gasteiger partial charge in [-0.1, -0.05) is 24.3 Å². The van der Waals surface area contributed by atoms with E-state index in [1.807, 2.05) is 18.2 Å². The Morgan fingerprint density at radius 1 is 1.09 bits per heavy atom. The van der Waals surface area contributed by atoms with Crippen LogP contribution >= 0.6 is 0 Å². The minimum absolute atomic E-state index is 0.555. The monoisotopic (exact) mass is 300 g/mol. The van der Waals surface area contributed by atoms with Crippen LogP contribution in [0.3, 0.4) is 0 Å². The highest BCUT2D eigenvalue weighted by Crippen LogP contribution is 2.34. The molecule has 1 aliphatic heterocycles. The Morgan fingerprint density at radius 3 is 2.41 bits per heavy atom. The first-order valence-corrected chi connectivity index (χ1v) is 6.81. The van der Waals surface area contributed by atoms with Gasteiger partial charge in [0.1, 0.15) is 12.5 Å². The van der Waals surface area contributed by atoms with Crippen molar-refractivity contribution in [2.24, 2.45) is 0 Å². The van der Waals surface area contributed by atoms with Crippen molar-refractivity contribution in [3.05, 3.63) is 48.6 Å². The van der Waals surface area contributed by atoms with Crippen LogP contribution in [0.15, 0.2) is 48.6 Å². The topological polar surface area (TPSA) is 82.0 Å². The molecule has 0 spiro atoms. The van der Waals surface area contributed by atoms with Crippen LogP contribution in [0.2, 0.25) is 0 Å². The summed E-state index contributed by atoms with van der Waals surface area (Å²) >= 11 is 0. The number of carbonyl (C=O) groups is 1. The average molecular weight is 300 g/mol. The van der Waals surface area contributed by atoms with Crippen LogP contribution in [0.25, 0.3) is 10.8 Å². The van der Waals surface area contributed by atoms with Gasteiger partial charge in [0.2, 0.25) is 0 Å². The lowest BCUT2D eigenvalue weighted by atomic mass is 10.1. The molecule has 0 radical (unpaired) electrons. The van der Waals surface area contributed by atoms with Gasteiger partial charge in [0.25, 0.3) is 0 Å². The van der Waals surface area contributed by atoms with Crippen LogP contribution < -0.4 is 10.2 Å². The summed E-state index contributed by atoms with van der Waals surface area (Å²) in [5.41, 5.74) is 1.28. The maximum absolute atomic E-state index is 11.4. The molecule has 6 heteroatoms. The van der Waals surface area contributed by atoms with Gasteiger partial charge in [-0.2, -0.15) is 0 Å². The summed E-state index contributed by atoms with van der Waals surface area (Å²) in [6, 6.07) is 10.9. The predicted octanol–water partition coefficient (Wildman–Crippen LogP) is 2.03. The Kier molecular flexibility index (Phi) is 3.70. The fraction of sp³-hybridized carbons (Fsp3) is 0.188. The average Bonchev–Trinajstić information content (AvgIpc) is 2.86. The summed E-state index contributed by atoms with van der Waals surface area (Å²) in [6.07, 6.45) is 0.719. The number of nitrogens with zero attached hydrogens (tertiary/aromatic N) is 1. The van der Waals surface area contributed by atoms with Crippen LogP contribution in [0.5, 0.6) is 0 Å². The molecule has 0 fully saturated rings. The standard InChI is InChI=1S/C16H16N2O4/c1-22-16(21)17-12-6-2-5-11-10(12)4-3-7-13(11)18-14(19)8-9-15(18)20/h2-9,14-15,19-20H,1H3,(H,17,21). The fourth-order valence-corrected chi connectivity index (χ4v) is 2.61. The van der Waals surface area contributed by atoms with Gasteiger partial charge in [-0.3, -0.25) is 5.32 Å². The van der Waals surface area contributed by atoms with Crippen LogP contribution in [0.1, 0.15) is 0 Å². The van der Waals surface area contributed by atoms with E-state index in [-0.39, 0.29) is 0 Å². The number of aliphatic hydroxyl groups is 2. The Bertz CT molecular complexity index is 732. The van der Waals surface area contributed by atoms with Gasteiger partial charge in [0.15, 0.2) is 0 Å². The minimum Gasteiger partial charge on any atom is -0.453 e. The third-order valence-electron chi connectivity index (χ3n) is 3.62. The van der Waals surface area contributed by atoms with Gasteiger partial charge >= 0.3 is 6.09 Å². The number of amides is 1. The van der Waals surface area contributed by atoms with Crippen molar-refractivity contribution in [2.45, 2.75) is 12.5 Å². The van der Waals surface area contributed by atoms with Crippen molar-refractivity contribution >= 4 is 28.2 Å². The number of nitrogens with one attached hydrogen (secondary N) is 1. The molecule has 1 aliphatic rings. The molecule has 0 aliphatic carbocycles. The molecule has 0 saturated carbocycles. The molecule has 2 unspecified atom stereocenters. The second-order valence-corrected chi connectivity index (χ2v) is 4.91. The highest BCUT2D eigenvalue weighted by Gasteiger charge is 2.26. The normalized spacial score (nSPS) is 20.4. The third kappa shape index (κ3) is 2.38. The van der Waals surface area contributed by atoms with Gasteiger partial charge < -0.3 is 19.8 Å². The van der Waals surface area contributed by atoms with E-state index < -0.39 is 18.5 Å². The number of benzene rings is 2. The first-order valence-electron chi connectivity index (χ1n) is 6.81. The fourth-order valence-electron chi connectivity index (χ4n) is 2.61. The van der Waals surface area contributed by atoms with E-state index in [1.165, 1.54) is 24.2 Å². The van der Waals surface area contributed by atoms with E-state index >= 15 is 0 Å². The van der Waals surface area contributed by atoms with E-state index in [0.717, 1.165) is 10.8 Å². The molecule has 3 rings (SSSR count). The quantitative estimate of drug-likeness (QED) is 0.739. The molecule has 2 atom stereocenters. The highest BCUT2D eigenvalue weighted by molar-refractivity contribution is 6.05. The van der Waals surface area contributed by atoms with E-state index in [1.54, 1.807) is 18.2 Å². The second-order valence-electron chi connectivity index (χ2n) is 4.91. The molecule has 1 heterocycles. The van der Waals surface area contributed by atoms with Crippen LogP contribution in [-0.2, 0) is 4.74 Å². The number of methoxy groups -OCH3 is 1. The zero-order valence-corrected chi connectivity index (χ0v) is 11.9. The van der Waals surface area contributed by atoms with Crippen LogP contribution in [0.4, 0.5) is 16.2 Å². The molecule has 22 heavy (non-hydrogen) atoms. The van der Waals surface area contributed by atoms with Gasteiger partial charge in [-0.15, -0.1) is 0 Å². The summed E-state index contributed by atoms with van der Waals surface area (Å²) in [5.74, 6) is 0. The van der Waals surface area contributed by atoms with Crippen molar-refractivity contribution in [3.63, 3.8) is 0 Å². The summed E-state index contributed by atoms with van der Waals surface area (Å²) in [5, 5.41) is 24.3. The van der Waals surface area contributed by atoms with E-state index in [0.29, 0.717) is 11.4 Å². The first-order chi connectivity index (χ1) is 10.6. The largest absolute Gasteiger partial charge is 0.453 e. The maximum atomic E-state index is 11.4. The second kappa shape index (κ2) is 5.67. The Balaban J connectivity index is 2.10. The number of fused-ring (bicyclic) bond motifs is 1. The van der Waals surface area contributed by atoms with Crippen molar-refractivity contribution in [1.29, 1.82) is 0 Å². The highest BCUT2D eigenvalue weighted by atomic mass is 16.5. The Hall–Kier alpha value is -2.57. The number of ether oxygens (including phenoxy) is 1. The SMILES string of the molecule is COC(=O)Nc1cccc2c(N3C(O)C=CC3O)cccc12. The summed E-state index contributed by atoms with van der Waals surface area (Å²) in [4.78, 5) is 12.9. The Labute approximate surface area is 127 Å². The summed E-state index contributed by atoms with van der Waals surface area (Å²) in [7, 11) is 1.30. The lowest BCUT2D eigenvalue weighted by Crippen LogP contribution is -2.36. The molecule has 6 nitrogen and oxygen atoms in total. The molecule has 0 saturated heterocycles. The number of aliphatic hydroxyl groups excluding tert-OH is 2. The molecule has 0 aromatic heterocycles. The first kappa shape index (κ1) is 14.4. The smallest absolute Gasteiger partial charge is 0.411 e. The van der Waals surface area contributed by atoms with Crippen LogP contribution in [0, 0.1) is 0 Å². The Morgan fingerprint density at radius 2 is 1.73 bits per heavy atom. The van der Waals surface area contributed by atoms with Gasteiger partial charge in [-0.05, 0) is 24.3 Å². The molecule has 114 valence electrons.